The molecule has 1 atom stereocenters. The van der Waals surface area contributed by atoms with Crippen LogP contribution in [0.3, 0.4) is 0 Å². The Hall–Kier alpha value is -1.19. The first-order chi connectivity index (χ1) is 9.99. The highest BCUT2D eigenvalue weighted by Gasteiger charge is 2.25. The number of fused-ring (bicyclic) bond motifs is 1. The van der Waals surface area contributed by atoms with E-state index >= 15 is 0 Å². The predicted molar refractivity (Wildman–Crippen MR) is 78.1 cm³/mol. The first-order valence-corrected chi connectivity index (χ1v) is 7.99. The number of aromatic nitrogens is 2. The van der Waals surface area contributed by atoms with Gasteiger partial charge in [-0.2, -0.15) is 0 Å². The molecule has 2 aromatic heterocycles. The maximum atomic E-state index is 12.4. The number of nitrogens with zero attached hydrogens (tertiary/aromatic N) is 2. The summed E-state index contributed by atoms with van der Waals surface area (Å²) in [6.45, 7) is 0.350. The van der Waals surface area contributed by atoms with E-state index in [0.717, 1.165) is 0 Å². The highest BCUT2D eigenvalue weighted by molar-refractivity contribution is 7.89. The van der Waals surface area contributed by atoms with Crippen molar-refractivity contribution in [1.82, 2.24) is 14.1 Å². The first-order valence-electron chi connectivity index (χ1n) is 6.13. The minimum absolute atomic E-state index is 0.0725. The van der Waals surface area contributed by atoms with Crippen LogP contribution in [-0.2, 0) is 19.5 Å². The molecule has 0 saturated heterocycles. The highest BCUT2D eigenvalue weighted by Crippen LogP contribution is 2.22. The number of rotatable bonds is 7. The minimum atomic E-state index is -3.81. The lowest BCUT2D eigenvalue weighted by molar-refractivity contribution is 0.0320. The third-order valence-electron chi connectivity index (χ3n) is 2.89. The first kappa shape index (κ1) is 16.2. The normalized spacial score (nSPS) is 13.7. The molecule has 2 rings (SSSR count). The fourth-order valence-electron chi connectivity index (χ4n) is 1.85. The summed E-state index contributed by atoms with van der Waals surface area (Å²) in [7, 11) is -0.814. The number of sulfonamides is 1. The largest absolute Gasteiger partial charge is 0.382 e. The molecule has 21 heavy (non-hydrogen) atoms. The van der Waals surface area contributed by atoms with Crippen molar-refractivity contribution in [3.63, 3.8) is 0 Å². The topological polar surface area (TPSA) is 81.9 Å². The Balaban J connectivity index is 2.28. The van der Waals surface area contributed by atoms with E-state index in [-0.39, 0.29) is 29.4 Å². The van der Waals surface area contributed by atoms with Gasteiger partial charge in [0.05, 0.1) is 12.7 Å². The van der Waals surface area contributed by atoms with Crippen molar-refractivity contribution in [3.05, 3.63) is 29.5 Å². The van der Waals surface area contributed by atoms with E-state index in [2.05, 4.69) is 9.71 Å². The molecule has 2 aromatic rings. The number of imidazole rings is 1. The van der Waals surface area contributed by atoms with Crippen molar-refractivity contribution in [1.29, 1.82) is 0 Å². The zero-order valence-corrected chi connectivity index (χ0v) is 13.2. The van der Waals surface area contributed by atoms with Gasteiger partial charge in [0.15, 0.2) is 10.2 Å². The highest BCUT2D eigenvalue weighted by atomic mass is 35.5. The summed E-state index contributed by atoms with van der Waals surface area (Å²) in [6, 6.07) is 5.13. The van der Waals surface area contributed by atoms with E-state index in [1.165, 1.54) is 18.6 Å². The Labute approximate surface area is 127 Å². The minimum Gasteiger partial charge on any atom is -0.382 e. The van der Waals surface area contributed by atoms with Crippen LogP contribution >= 0.6 is 11.6 Å². The lowest BCUT2D eigenvalue weighted by Gasteiger charge is -2.15. The summed E-state index contributed by atoms with van der Waals surface area (Å²) in [5, 5.41) is -0.165. The van der Waals surface area contributed by atoms with Crippen LogP contribution in [0.1, 0.15) is 0 Å². The SMILES string of the molecule is COCC(CNS(=O)(=O)c1c(Cl)nc2ccccn12)OC. The molecular formula is C12H16ClN3O4S. The van der Waals surface area contributed by atoms with E-state index < -0.39 is 10.0 Å². The molecule has 1 unspecified atom stereocenters. The van der Waals surface area contributed by atoms with Gasteiger partial charge in [0.1, 0.15) is 5.65 Å². The number of hydrogen-bond donors (Lipinski definition) is 1. The van der Waals surface area contributed by atoms with E-state index in [1.54, 1.807) is 24.4 Å². The van der Waals surface area contributed by atoms with Gasteiger partial charge in [0.2, 0.25) is 0 Å². The average molecular weight is 334 g/mol. The lowest BCUT2D eigenvalue weighted by Crippen LogP contribution is -2.36. The Morgan fingerprint density at radius 3 is 2.86 bits per heavy atom. The predicted octanol–water partition coefficient (Wildman–Crippen LogP) is 0.927. The van der Waals surface area contributed by atoms with E-state index in [4.69, 9.17) is 21.1 Å². The second kappa shape index (κ2) is 6.71. The Morgan fingerprint density at radius 1 is 1.43 bits per heavy atom. The molecule has 0 aromatic carbocycles. The Bertz CT molecular complexity index is 716. The van der Waals surface area contributed by atoms with Gasteiger partial charge < -0.3 is 9.47 Å². The second-order valence-corrected chi connectivity index (χ2v) is 6.34. The van der Waals surface area contributed by atoms with Gasteiger partial charge in [-0.3, -0.25) is 4.40 Å². The summed E-state index contributed by atoms with van der Waals surface area (Å²) in [5.41, 5.74) is 0.461. The molecule has 0 bridgehead atoms. The number of ether oxygens (including phenoxy) is 2. The van der Waals surface area contributed by atoms with Crippen LogP contribution in [-0.4, -0.2) is 51.3 Å². The molecule has 116 valence electrons. The molecule has 7 nitrogen and oxygen atoms in total. The number of nitrogens with one attached hydrogen (secondary N) is 1. The van der Waals surface area contributed by atoms with E-state index in [9.17, 15) is 8.42 Å². The number of methoxy groups -OCH3 is 2. The molecule has 2 heterocycles. The molecule has 0 spiro atoms. The molecule has 0 amide bonds. The molecule has 0 saturated carbocycles. The smallest absolute Gasteiger partial charge is 0.259 e. The number of halogens is 1. The quantitative estimate of drug-likeness (QED) is 0.815. The molecule has 0 aliphatic rings. The van der Waals surface area contributed by atoms with Crippen LogP contribution in [0.15, 0.2) is 29.4 Å². The van der Waals surface area contributed by atoms with Gasteiger partial charge in [-0.15, -0.1) is 0 Å². The molecule has 1 N–H and O–H groups in total. The molecular weight excluding hydrogens is 318 g/mol. The lowest BCUT2D eigenvalue weighted by atomic mass is 10.4. The Kier molecular flexibility index (Phi) is 5.17. The summed E-state index contributed by atoms with van der Waals surface area (Å²) >= 11 is 5.96. The molecule has 9 heteroatoms. The molecule has 0 fully saturated rings. The van der Waals surface area contributed by atoms with Crippen LogP contribution < -0.4 is 4.72 Å². The monoisotopic (exact) mass is 333 g/mol. The molecule has 0 radical (unpaired) electrons. The van der Waals surface area contributed by atoms with Crippen LogP contribution in [0.5, 0.6) is 0 Å². The van der Waals surface area contributed by atoms with Crippen molar-refractivity contribution in [2.75, 3.05) is 27.4 Å². The third kappa shape index (κ3) is 3.53. The van der Waals surface area contributed by atoms with E-state index in [1.807, 2.05) is 0 Å². The zero-order valence-electron chi connectivity index (χ0n) is 11.6. The van der Waals surface area contributed by atoms with Crippen LogP contribution in [0.4, 0.5) is 0 Å². The van der Waals surface area contributed by atoms with Crippen molar-refractivity contribution >= 4 is 27.3 Å². The van der Waals surface area contributed by atoms with Gasteiger partial charge in [-0.05, 0) is 12.1 Å². The third-order valence-corrected chi connectivity index (χ3v) is 4.71. The maximum Gasteiger partial charge on any atom is 0.259 e. The maximum absolute atomic E-state index is 12.4. The Morgan fingerprint density at radius 2 is 2.19 bits per heavy atom. The second-order valence-electron chi connectivity index (χ2n) is 4.30. The van der Waals surface area contributed by atoms with E-state index in [0.29, 0.717) is 5.65 Å². The zero-order chi connectivity index (χ0) is 15.5. The van der Waals surface area contributed by atoms with Crippen molar-refractivity contribution < 1.29 is 17.9 Å². The molecule has 0 aliphatic heterocycles. The van der Waals surface area contributed by atoms with Crippen LogP contribution in [0, 0.1) is 0 Å². The molecule has 0 aliphatic carbocycles. The summed E-state index contributed by atoms with van der Waals surface area (Å²) in [6.07, 6.45) is 1.20. The van der Waals surface area contributed by atoms with Crippen LogP contribution in [0.2, 0.25) is 5.15 Å². The van der Waals surface area contributed by atoms with Crippen molar-refractivity contribution in [3.8, 4) is 0 Å². The van der Waals surface area contributed by atoms with Gasteiger partial charge in [0, 0.05) is 27.0 Å². The number of pyridine rings is 1. The summed E-state index contributed by atoms with van der Waals surface area (Å²) < 4.78 is 38.7. The van der Waals surface area contributed by atoms with Gasteiger partial charge in [-0.1, -0.05) is 17.7 Å². The van der Waals surface area contributed by atoms with Crippen molar-refractivity contribution in [2.45, 2.75) is 11.1 Å². The standard InChI is InChI=1S/C12H16ClN3O4S/c1-19-8-9(20-2)7-14-21(17,18)12-11(13)15-10-5-3-4-6-16(10)12/h3-6,9,14H,7-8H2,1-2H3. The van der Waals surface area contributed by atoms with Crippen molar-refractivity contribution in [2.24, 2.45) is 0 Å². The van der Waals surface area contributed by atoms with Gasteiger partial charge in [-0.25, -0.2) is 18.1 Å². The fraction of sp³-hybridized carbons (Fsp3) is 0.417. The average Bonchev–Trinajstić information content (AvgIpc) is 2.79. The summed E-state index contributed by atoms with van der Waals surface area (Å²) in [5.74, 6) is 0. The van der Waals surface area contributed by atoms with Crippen LogP contribution in [0.25, 0.3) is 5.65 Å². The fourth-order valence-corrected chi connectivity index (χ4v) is 3.56. The number of hydrogen-bond acceptors (Lipinski definition) is 5. The van der Waals surface area contributed by atoms with Gasteiger partial charge >= 0.3 is 0 Å². The van der Waals surface area contributed by atoms with Gasteiger partial charge in [0.25, 0.3) is 10.0 Å². The summed E-state index contributed by atoms with van der Waals surface area (Å²) in [4.78, 5) is 4.02.